The van der Waals surface area contributed by atoms with Crippen LogP contribution in [0.25, 0.3) is 28.2 Å². The van der Waals surface area contributed by atoms with Crippen molar-refractivity contribution < 1.29 is 9.53 Å². The molecule has 1 saturated carbocycles. The number of amides is 1. The topological polar surface area (TPSA) is 120 Å². The SMILES string of the molecule is O=C1COc2cc(-c3ncc(C4C5CC5c5cc(-c6cc(Cl)ccc6-n6cc(Cl)nn6)cc(=O)n54)[nH]3)ccc2N1. The van der Waals surface area contributed by atoms with E-state index >= 15 is 0 Å². The van der Waals surface area contributed by atoms with E-state index in [0.717, 1.165) is 40.2 Å². The van der Waals surface area contributed by atoms with Crippen molar-refractivity contribution in [3.05, 3.63) is 92.8 Å². The van der Waals surface area contributed by atoms with Crippen molar-refractivity contribution in [1.29, 1.82) is 0 Å². The van der Waals surface area contributed by atoms with E-state index in [1.807, 2.05) is 28.8 Å². The quantitative estimate of drug-likeness (QED) is 0.319. The van der Waals surface area contributed by atoms with Crippen LogP contribution in [0.5, 0.6) is 5.75 Å². The summed E-state index contributed by atoms with van der Waals surface area (Å²) in [5.74, 6) is 1.69. The van der Waals surface area contributed by atoms with E-state index in [9.17, 15) is 9.59 Å². The van der Waals surface area contributed by atoms with E-state index in [4.69, 9.17) is 27.9 Å². The number of rotatable bonds is 4. The first-order valence-electron chi connectivity index (χ1n) is 12.7. The molecular formula is C28H19Cl2N7O3. The lowest BCUT2D eigenvalue weighted by atomic mass is 10.0. The number of halogens is 2. The standard InChI is InChI=1S/C28H19Cl2N7O3/c29-15-2-4-21(36-11-24(30)34-35-36)16(8-15)14-5-22-17-9-18(17)27(37(22)26(39)7-14)20-10-31-28(33-20)13-1-3-19-23(6-13)40-12-25(38)32-19/h1-8,10-11,17-18,27H,9,12H2,(H,31,33)(H,32,38). The van der Waals surface area contributed by atoms with E-state index in [1.54, 1.807) is 35.3 Å². The van der Waals surface area contributed by atoms with Crippen LogP contribution in [0.3, 0.4) is 0 Å². The molecule has 3 aliphatic rings. The fraction of sp³-hybridized carbons (Fsp3) is 0.179. The molecule has 5 aromatic rings. The summed E-state index contributed by atoms with van der Waals surface area (Å²) in [6, 6.07) is 14.5. The Hall–Kier alpha value is -4.41. The second-order valence-corrected chi connectivity index (χ2v) is 11.0. The zero-order valence-corrected chi connectivity index (χ0v) is 22.1. The minimum absolute atomic E-state index is 0.0179. The molecule has 3 atom stereocenters. The molecule has 10 nitrogen and oxygen atoms in total. The lowest BCUT2D eigenvalue weighted by Crippen LogP contribution is -2.26. The number of nitrogens with one attached hydrogen (secondary N) is 2. The van der Waals surface area contributed by atoms with Gasteiger partial charge in [0.15, 0.2) is 11.8 Å². The van der Waals surface area contributed by atoms with Gasteiger partial charge in [0.05, 0.1) is 35.5 Å². The molecular weight excluding hydrogens is 553 g/mol. The van der Waals surface area contributed by atoms with Gasteiger partial charge in [-0.15, -0.1) is 5.10 Å². The predicted molar refractivity (Wildman–Crippen MR) is 148 cm³/mol. The highest BCUT2D eigenvalue weighted by Gasteiger charge is 2.53. The third-order valence-electron chi connectivity index (χ3n) is 7.79. The largest absolute Gasteiger partial charge is 0.482 e. The normalized spacial score (nSPS) is 20.4. The number of ether oxygens (including phenoxy) is 1. The summed E-state index contributed by atoms with van der Waals surface area (Å²) in [5, 5.41) is 11.6. The highest BCUT2D eigenvalue weighted by atomic mass is 35.5. The van der Waals surface area contributed by atoms with Gasteiger partial charge in [0.2, 0.25) is 0 Å². The number of benzene rings is 2. The molecule has 12 heteroatoms. The fourth-order valence-electron chi connectivity index (χ4n) is 5.96. The number of hydrogen-bond acceptors (Lipinski definition) is 6. The van der Waals surface area contributed by atoms with Crippen molar-refractivity contribution in [2.24, 2.45) is 5.92 Å². The molecule has 0 bridgehead atoms. The van der Waals surface area contributed by atoms with E-state index in [-0.39, 0.29) is 35.2 Å². The van der Waals surface area contributed by atoms with Gasteiger partial charge in [-0.3, -0.25) is 9.59 Å². The first kappa shape index (κ1) is 23.5. The van der Waals surface area contributed by atoms with Gasteiger partial charge in [-0.1, -0.05) is 28.4 Å². The Morgan fingerprint density at radius 2 is 1.93 bits per heavy atom. The third kappa shape index (κ3) is 3.67. The van der Waals surface area contributed by atoms with Crippen molar-refractivity contribution in [3.8, 4) is 34.0 Å². The van der Waals surface area contributed by atoms with Crippen LogP contribution in [-0.2, 0) is 4.79 Å². The maximum Gasteiger partial charge on any atom is 0.262 e. The molecule has 3 unspecified atom stereocenters. The molecule has 3 aromatic heterocycles. The summed E-state index contributed by atoms with van der Waals surface area (Å²) < 4.78 is 9.01. The van der Waals surface area contributed by atoms with Crippen LogP contribution in [0.2, 0.25) is 10.2 Å². The van der Waals surface area contributed by atoms with Crippen LogP contribution in [0.1, 0.15) is 29.8 Å². The van der Waals surface area contributed by atoms with Crippen molar-refractivity contribution in [2.45, 2.75) is 18.4 Å². The van der Waals surface area contributed by atoms with Gasteiger partial charge >= 0.3 is 0 Å². The number of aromatic nitrogens is 6. The monoisotopic (exact) mass is 571 g/mol. The Morgan fingerprint density at radius 3 is 2.77 bits per heavy atom. The van der Waals surface area contributed by atoms with E-state index in [2.05, 4.69) is 31.7 Å². The Balaban J connectivity index is 1.17. The van der Waals surface area contributed by atoms with Crippen molar-refractivity contribution in [1.82, 2.24) is 29.5 Å². The van der Waals surface area contributed by atoms with Crippen molar-refractivity contribution >= 4 is 34.8 Å². The number of carbonyl (C=O) groups excluding carboxylic acids is 1. The molecule has 1 aliphatic carbocycles. The van der Waals surface area contributed by atoms with Gasteiger partial charge in [0, 0.05) is 33.8 Å². The fourth-order valence-corrected chi connectivity index (χ4v) is 6.26. The number of carbonyl (C=O) groups is 1. The average molecular weight is 572 g/mol. The Bertz CT molecular complexity index is 1930. The molecule has 0 spiro atoms. The summed E-state index contributed by atoms with van der Waals surface area (Å²) in [6.45, 7) is -0.0179. The maximum absolute atomic E-state index is 13.6. The summed E-state index contributed by atoms with van der Waals surface area (Å²) in [5.41, 5.74) is 5.49. The molecule has 2 aliphatic heterocycles. The molecule has 1 fully saturated rings. The summed E-state index contributed by atoms with van der Waals surface area (Å²) in [6.07, 6.45) is 4.41. The number of H-pyrrole nitrogens is 1. The molecule has 8 rings (SSSR count). The lowest BCUT2D eigenvalue weighted by molar-refractivity contribution is -0.118. The van der Waals surface area contributed by atoms with Gasteiger partial charge in [-0.25, -0.2) is 9.67 Å². The van der Waals surface area contributed by atoms with E-state index in [1.165, 1.54) is 0 Å². The van der Waals surface area contributed by atoms with Crippen LogP contribution in [-0.4, -0.2) is 42.0 Å². The molecule has 198 valence electrons. The summed E-state index contributed by atoms with van der Waals surface area (Å²) in [7, 11) is 0. The second kappa shape index (κ2) is 8.54. The highest BCUT2D eigenvalue weighted by Crippen LogP contribution is 2.60. The lowest BCUT2D eigenvalue weighted by Gasteiger charge is -2.19. The zero-order valence-electron chi connectivity index (χ0n) is 20.6. The van der Waals surface area contributed by atoms with Gasteiger partial charge in [-0.05, 0) is 60.4 Å². The van der Waals surface area contributed by atoms with Gasteiger partial charge < -0.3 is 19.6 Å². The first-order chi connectivity index (χ1) is 19.4. The molecule has 2 N–H and O–H groups in total. The van der Waals surface area contributed by atoms with Crippen LogP contribution >= 0.6 is 23.2 Å². The number of anilines is 1. The maximum atomic E-state index is 13.6. The van der Waals surface area contributed by atoms with E-state index in [0.29, 0.717) is 28.2 Å². The van der Waals surface area contributed by atoms with Gasteiger partial charge in [0.25, 0.3) is 11.5 Å². The first-order valence-corrected chi connectivity index (χ1v) is 13.4. The Kier molecular flexibility index (Phi) is 5.01. The Morgan fingerprint density at radius 1 is 1.02 bits per heavy atom. The van der Waals surface area contributed by atoms with Crippen molar-refractivity contribution in [3.63, 3.8) is 0 Å². The number of hydrogen-bond donors (Lipinski definition) is 2. The minimum Gasteiger partial charge on any atom is -0.482 e. The molecule has 0 saturated heterocycles. The molecule has 1 amide bonds. The highest BCUT2D eigenvalue weighted by molar-refractivity contribution is 6.31. The number of aromatic amines is 1. The smallest absolute Gasteiger partial charge is 0.262 e. The van der Waals surface area contributed by atoms with Crippen LogP contribution < -0.4 is 15.6 Å². The summed E-state index contributed by atoms with van der Waals surface area (Å²) in [4.78, 5) is 33.3. The Labute approximate surface area is 236 Å². The molecule has 0 radical (unpaired) electrons. The van der Waals surface area contributed by atoms with Crippen LogP contribution in [0.15, 0.2) is 65.7 Å². The number of nitrogens with zero attached hydrogens (tertiary/aromatic N) is 5. The molecule has 40 heavy (non-hydrogen) atoms. The predicted octanol–water partition coefficient (Wildman–Crippen LogP) is 4.83. The summed E-state index contributed by atoms with van der Waals surface area (Å²) >= 11 is 12.4. The average Bonchev–Trinajstić information content (AvgIpc) is 3.23. The minimum atomic E-state index is -0.178. The van der Waals surface area contributed by atoms with Gasteiger partial charge in [0.1, 0.15) is 11.6 Å². The number of pyridine rings is 1. The zero-order chi connectivity index (χ0) is 27.1. The van der Waals surface area contributed by atoms with E-state index < -0.39 is 0 Å². The number of imidazole rings is 1. The molecule has 2 aromatic carbocycles. The van der Waals surface area contributed by atoms with Gasteiger partial charge in [-0.2, -0.15) is 0 Å². The van der Waals surface area contributed by atoms with Crippen LogP contribution in [0, 0.1) is 5.92 Å². The third-order valence-corrected chi connectivity index (χ3v) is 8.19. The number of fused-ring (bicyclic) bond motifs is 4. The van der Waals surface area contributed by atoms with Crippen molar-refractivity contribution in [2.75, 3.05) is 11.9 Å². The molecule has 5 heterocycles. The second-order valence-electron chi connectivity index (χ2n) is 10.2. The van der Waals surface area contributed by atoms with Crippen LogP contribution in [0.4, 0.5) is 5.69 Å².